The molecule has 1 saturated heterocycles. The van der Waals surface area contributed by atoms with E-state index in [0.29, 0.717) is 50.0 Å². The third-order valence-electron chi connectivity index (χ3n) is 5.99. The second-order valence-electron chi connectivity index (χ2n) is 8.66. The molecule has 8 heteroatoms. The van der Waals surface area contributed by atoms with Gasteiger partial charge in [-0.25, -0.2) is 4.39 Å². The van der Waals surface area contributed by atoms with Crippen molar-refractivity contribution in [2.45, 2.75) is 44.4 Å². The molecule has 0 spiro atoms. The van der Waals surface area contributed by atoms with Gasteiger partial charge in [0.1, 0.15) is 17.7 Å². The van der Waals surface area contributed by atoms with Crippen LogP contribution in [0.2, 0.25) is 0 Å². The first kappa shape index (κ1) is 26.1. The number of fused-ring (bicyclic) bond motifs is 1. The monoisotopic (exact) mass is 504 g/mol. The second kappa shape index (κ2) is 11.9. The van der Waals surface area contributed by atoms with Gasteiger partial charge < -0.3 is 18.9 Å². The van der Waals surface area contributed by atoms with Crippen molar-refractivity contribution in [3.8, 4) is 5.75 Å². The Labute approximate surface area is 207 Å². The number of hydrogen-bond acceptors (Lipinski definition) is 4. The highest BCUT2D eigenvalue weighted by Gasteiger charge is 2.31. The number of aryl methyl sites for hydroxylation is 3. The quantitative estimate of drug-likeness (QED) is 0.232. The van der Waals surface area contributed by atoms with E-state index in [1.54, 1.807) is 30.3 Å². The lowest BCUT2D eigenvalue weighted by Gasteiger charge is -2.29. The van der Waals surface area contributed by atoms with E-state index < -0.39 is 6.36 Å². The van der Waals surface area contributed by atoms with E-state index >= 15 is 4.39 Å². The highest BCUT2D eigenvalue weighted by Crippen LogP contribution is 2.26. The van der Waals surface area contributed by atoms with Crippen LogP contribution in [0.3, 0.4) is 0 Å². The van der Waals surface area contributed by atoms with E-state index in [4.69, 9.17) is 14.2 Å². The molecule has 0 radical (unpaired) electrons. The van der Waals surface area contributed by atoms with Crippen molar-refractivity contribution in [2.24, 2.45) is 0 Å². The standard InChI is InChI=1S/C28H28F4O4/c1-2-15-33-24-17-34-26(35-18-24)14-7-20-6-13-25-22(16-20)10-9-21(27(25)29)8-3-19-4-11-23(12-5-19)36-28(30,31)32/h2,4-6,9-13,16,24,26H,1,3,7-8,14-15,17-18H2. The van der Waals surface area contributed by atoms with Crippen LogP contribution >= 0.6 is 0 Å². The number of halogens is 4. The first-order valence-corrected chi connectivity index (χ1v) is 11.8. The molecule has 1 aliphatic rings. The zero-order valence-electron chi connectivity index (χ0n) is 19.7. The summed E-state index contributed by atoms with van der Waals surface area (Å²) in [6.07, 6.45) is -1.07. The molecule has 0 aliphatic carbocycles. The average Bonchev–Trinajstić information content (AvgIpc) is 2.86. The minimum atomic E-state index is -4.72. The molecule has 0 bridgehead atoms. The molecule has 0 amide bonds. The lowest BCUT2D eigenvalue weighted by atomic mass is 9.98. The fourth-order valence-electron chi connectivity index (χ4n) is 4.15. The van der Waals surface area contributed by atoms with Gasteiger partial charge in [-0.1, -0.05) is 48.5 Å². The highest BCUT2D eigenvalue weighted by atomic mass is 19.4. The van der Waals surface area contributed by atoms with Crippen LogP contribution in [0.15, 0.2) is 67.3 Å². The summed E-state index contributed by atoms with van der Waals surface area (Å²) in [5.41, 5.74) is 2.42. The maximum atomic E-state index is 15.2. The van der Waals surface area contributed by atoms with E-state index in [1.165, 1.54) is 12.1 Å². The Bertz CT molecular complexity index is 1150. The van der Waals surface area contributed by atoms with Crippen LogP contribution in [-0.4, -0.2) is 38.6 Å². The van der Waals surface area contributed by atoms with Gasteiger partial charge in [-0.2, -0.15) is 0 Å². The molecular weight excluding hydrogens is 476 g/mol. The predicted octanol–water partition coefficient (Wildman–Crippen LogP) is 6.54. The summed E-state index contributed by atoms with van der Waals surface area (Å²) in [4.78, 5) is 0. The summed E-state index contributed by atoms with van der Waals surface area (Å²) in [7, 11) is 0. The van der Waals surface area contributed by atoms with E-state index in [9.17, 15) is 13.2 Å². The minimum absolute atomic E-state index is 0.0835. The Morgan fingerprint density at radius 3 is 2.33 bits per heavy atom. The average molecular weight is 505 g/mol. The summed E-state index contributed by atoms with van der Waals surface area (Å²) in [6, 6.07) is 15.0. The van der Waals surface area contributed by atoms with Crippen molar-refractivity contribution in [3.63, 3.8) is 0 Å². The van der Waals surface area contributed by atoms with Gasteiger partial charge in [0.2, 0.25) is 0 Å². The first-order chi connectivity index (χ1) is 17.3. The van der Waals surface area contributed by atoms with Crippen LogP contribution in [-0.2, 0) is 33.5 Å². The fraction of sp³-hybridized carbons (Fsp3) is 0.357. The predicted molar refractivity (Wildman–Crippen MR) is 128 cm³/mol. The molecule has 0 unspecified atom stereocenters. The van der Waals surface area contributed by atoms with Crippen LogP contribution < -0.4 is 4.74 Å². The summed E-state index contributed by atoms with van der Waals surface area (Å²) < 4.78 is 72.9. The Balaban J connectivity index is 1.31. The maximum absolute atomic E-state index is 15.2. The Morgan fingerprint density at radius 2 is 1.64 bits per heavy atom. The van der Waals surface area contributed by atoms with Gasteiger partial charge in [-0.05, 0) is 53.5 Å². The van der Waals surface area contributed by atoms with Crippen LogP contribution in [0.5, 0.6) is 5.75 Å². The van der Waals surface area contributed by atoms with Crippen molar-refractivity contribution in [3.05, 3.63) is 89.8 Å². The third-order valence-corrected chi connectivity index (χ3v) is 5.99. The molecule has 4 rings (SSSR count). The van der Waals surface area contributed by atoms with Gasteiger partial charge in [-0.3, -0.25) is 0 Å². The van der Waals surface area contributed by atoms with Crippen LogP contribution in [0.4, 0.5) is 17.6 Å². The molecule has 36 heavy (non-hydrogen) atoms. The number of hydrogen-bond donors (Lipinski definition) is 0. The van der Waals surface area contributed by atoms with Crippen molar-refractivity contribution in [1.82, 2.24) is 0 Å². The first-order valence-electron chi connectivity index (χ1n) is 11.8. The number of benzene rings is 3. The van der Waals surface area contributed by atoms with E-state index in [1.807, 2.05) is 18.2 Å². The highest BCUT2D eigenvalue weighted by molar-refractivity contribution is 5.84. The maximum Gasteiger partial charge on any atom is 0.573 e. The Hall–Kier alpha value is -2.94. The summed E-state index contributed by atoms with van der Waals surface area (Å²) in [6.45, 7) is 5.05. The Morgan fingerprint density at radius 1 is 0.917 bits per heavy atom. The van der Waals surface area contributed by atoms with Gasteiger partial charge in [-0.15, -0.1) is 19.8 Å². The van der Waals surface area contributed by atoms with Gasteiger partial charge in [0, 0.05) is 11.8 Å². The summed E-state index contributed by atoms with van der Waals surface area (Å²) >= 11 is 0. The fourth-order valence-corrected chi connectivity index (χ4v) is 4.15. The summed E-state index contributed by atoms with van der Waals surface area (Å²) in [5, 5.41) is 1.35. The molecule has 1 aliphatic heterocycles. The molecular formula is C28H28F4O4. The lowest BCUT2D eigenvalue weighted by molar-refractivity contribution is -0.274. The number of ether oxygens (including phenoxy) is 4. The van der Waals surface area contributed by atoms with Gasteiger partial charge >= 0.3 is 6.36 Å². The molecule has 192 valence electrons. The number of alkyl halides is 3. The molecule has 0 atom stereocenters. The third kappa shape index (κ3) is 7.29. The van der Waals surface area contributed by atoms with Gasteiger partial charge in [0.15, 0.2) is 6.29 Å². The SMILES string of the molecule is C=CCOC1COC(CCc2ccc3c(F)c(CCc4ccc(OC(F)(F)F)cc4)ccc3c2)OC1. The van der Waals surface area contributed by atoms with Crippen LogP contribution in [0.25, 0.3) is 10.8 Å². The topological polar surface area (TPSA) is 36.9 Å². The normalized spacial score (nSPS) is 18.3. The second-order valence-corrected chi connectivity index (χ2v) is 8.66. The van der Waals surface area contributed by atoms with Crippen molar-refractivity contribution in [2.75, 3.05) is 19.8 Å². The minimum Gasteiger partial charge on any atom is -0.406 e. The smallest absolute Gasteiger partial charge is 0.406 e. The van der Waals surface area contributed by atoms with E-state index in [-0.39, 0.29) is 24.0 Å². The largest absolute Gasteiger partial charge is 0.573 e. The molecule has 0 N–H and O–H groups in total. The van der Waals surface area contributed by atoms with Gasteiger partial charge in [0.25, 0.3) is 0 Å². The molecule has 1 heterocycles. The molecule has 0 aromatic heterocycles. The lowest BCUT2D eigenvalue weighted by Crippen LogP contribution is -2.37. The molecule has 0 saturated carbocycles. The van der Waals surface area contributed by atoms with Crippen LogP contribution in [0, 0.1) is 5.82 Å². The van der Waals surface area contributed by atoms with E-state index in [2.05, 4.69) is 11.3 Å². The zero-order chi connectivity index (χ0) is 25.5. The molecule has 3 aromatic carbocycles. The Kier molecular flexibility index (Phi) is 8.61. The van der Waals surface area contributed by atoms with Crippen molar-refractivity contribution < 1.29 is 36.5 Å². The zero-order valence-corrected chi connectivity index (χ0v) is 19.7. The molecule has 4 nitrogen and oxygen atoms in total. The van der Waals surface area contributed by atoms with Crippen molar-refractivity contribution in [1.29, 1.82) is 0 Å². The molecule has 1 fully saturated rings. The number of rotatable bonds is 10. The van der Waals surface area contributed by atoms with Gasteiger partial charge in [0.05, 0.1) is 19.8 Å². The molecule has 3 aromatic rings. The van der Waals surface area contributed by atoms with E-state index in [0.717, 1.165) is 22.9 Å². The van der Waals surface area contributed by atoms with Crippen LogP contribution in [0.1, 0.15) is 23.1 Å². The van der Waals surface area contributed by atoms with Crippen molar-refractivity contribution >= 4 is 10.8 Å². The summed E-state index contributed by atoms with van der Waals surface area (Å²) in [5.74, 6) is -0.553.